The third-order valence-corrected chi connectivity index (χ3v) is 5.42. The van der Waals surface area contributed by atoms with Crippen LogP contribution in [0.2, 0.25) is 0 Å². The average Bonchev–Trinajstić information content (AvgIpc) is 2.93. The molecular formula is C22H24N4O4. The van der Waals surface area contributed by atoms with E-state index >= 15 is 0 Å². The minimum Gasteiger partial charge on any atom is -0.493 e. The number of nitro benzene ring substituents is 1. The Hall–Kier alpha value is -3.55. The highest BCUT2D eigenvalue weighted by atomic mass is 16.6. The number of rotatable bonds is 5. The zero-order valence-electron chi connectivity index (χ0n) is 17.3. The normalized spacial score (nSPS) is 13.2. The van der Waals surface area contributed by atoms with E-state index in [2.05, 4.69) is 5.32 Å². The van der Waals surface area contributed by atoms with Crippen LogP contribution in [0.5, 0.6) is 11.5 Å². The third kappa shape index (κ3) is 3.34. The van der Waals surface area contributed by atoms with Gasteiger partial charge < -0.3 is 14.8 Å². The van der Waals surface area contributed by atoms with E-state index in [0.717, 1.165) is 54.0 Å². The number of methoxy groups -OCH3 is 2. The van der Waals surface area contributed by atoms with Crippen molar-refractivity contribution in [3.05, 3.63) is 57.6 Å². The summed E-state index contributed by atoms with van der Waals surface area (Å²) >= 11 is 0. The number of fused-ring (bicyclic) bond motifs is 1. The van der Waals surface area contributed by atoms with Gasteiger partial charge in [0.1, 0.15) is 11.5 Å². The van der Waals surface area contributed by atoms with Crippen LogP contribution in [-0.4, -0.2) is 35.5 Å². The van der Waals surface area contributed by atoms with Crippen LogP contribution in [0, 0.1) is 17.0 Å². The Labute approximate surface area is 174 Å². The van der Waals surface area contributed by atoms with Crippen LogP contribution in [-0.2, 0) is 6.42 Å². The molecule has 4 rings (SSSR count). The van der Waals surface area contributed by atoms with E-state index in [4.69, 9.17) is 14.6 Å². The maximum atomic E-state index is 11.4. The largest absolute Gasteiger partial charge is 0.493 e. The number of ether oxygens (including phenoxy) is 2. The van der Waals surface area contributed by atoms with E-state index in [9.17, 15) is 10.1 Å². The van der Waals surface area contributed by atoms with Crippen LogP contribution in [0.1, 0.15) is 24.0 Å². The van der Waals surface area contributed by atoms with Crippen molar-refractivity contribution in [1.29, 1.82) is 0 Å². The highest BCUT2D eigenvalue weighted by molar-refractivity contribution is 5.78. The van der Waals surface area contributed by atoms with Gasteiger partial charge in [-0.3, -0.25) is 10.1 Å². The molecule has 0 amide bonds. The molecule has 156 valence electrons. The second-order valence-electron chi connectivity index (χ2n) is 7.24. The van der Waals surface area contributed by atoms with E-state index in [1.54, 1.807) is 31.0 Å². The van der Waals surface area contributed by atoms with Gasteiger partial charge in [-0.05, 0) is 43.9 Å². The molecular weight excluding hydrogens is 384 g/mol. The highest BCUT2D eigenvalue weighted by Gasteiger charge is 2.26. The number of aromatic nitrogens is 2. The number of para-hydroxylation sites is 1. The second kappa shape index (κ2) is 8.06. The Kier molecular flexibility index (Phi) is 5.31. The van der Waals surface area contributed by atoms with Gasteiger partial charge in [0, 0.05) is 29.8 Å². The number of benzene rings is 2. The van der Waals surface area contributed by atoms with Crippen molar-refractivity contribution in [2.75, 3.05) is 26.1 Å². The minimum absolute atomic E-state index is 0.0361. The van der Waals surface area contributed by atoms with E-state index in [1.165, 1.54) is 6.07 Å². The molecule has 0 bridgehead atoms. The van der Waals surface area contributed by atoms with Gasteiger partial charge in [0.05, 0.1) is 24.8 Å². The van der Waals surface area contributed by atoms with Gasteiger partial charge in [-0.2, -0.15) is 5.10 Å². The lowest BCUT2D eigenvalue weighted by atomic mass is 10.0. The molecule has 1 aromatic heterocycles. The van der Waals surface area contributed by atoms with Gasteiger partial charge in [0.2, 0.25) is 0 Å². The first-order valence-electron chi connectivity index (χ1n) is 9.87. The number of nitrogens with one attached hydrogen (secondary N) is 1. The molecule has 0 fully saturated rings. The van der Waals surface area contributed by atoms with Crippen molar-refractivity contribution in [1.82, 2.24) is 9.78 Å². The number of anilines is 1. The van der Waals surface area contributed by atoms with Crippen LogP contribution in [0.15, 0.2) is 36.4 Å². The molecule has 2 aromatic carbocycles. The summed E-state index contributed by atoms with van der Waals surface area (Å²) in [6.07, 6.45) is 2.92. The lowest BCUT2D eigenvalue weighted by Crippen LogP contribution is -2.08. The van der Waals surface area contributed by atoms with E-state index in [1.807, 2.05) is 25.1 Å². The molecule has 2 heterocycles. The van der Waals surface area contributed by atoms with Crippen molar-refractivity contribution in [2.45, 2.75) is 26.2 Å². The van der Waals surface area contributed by atoms with Crippen molar-refractivity contribution in [3.8, 4) is 28.4 Å². The molecule has 0 radical (unpaired) electrons. The van der Waals surface area contributed by atoms with E-state index in [0.29, 0.717) is 17.2 Å². The summed E-state index contributed by atoms with van der Waals surface area (Å²) in [5, 5.41) is 19.7. The van der Waals surface area contributed by atoms with E-state index < -0.39 is 0 Å². The molecule has 8 nitrogen and oxygen atoms in total. The van der Waals surface area contributed by atoms with Crippen LogP contribution in [0.4, 0.5) is 11.5 Å². The van der Waals surface area contributed by atoms with Crippen LogP contribution < -0.4 is 14.8 Å². The number of nitro groups is 1. The monoisotopic (exact) mass is 408 g/mol. The van der Waals surface area contributed by atoms with Crippen molar-refractivity contribution >= 4 is 11.5 Å². The average molecular weight is 408 g/mol. The summed E-state index contributed by atoms with van der Waals surface area (Å²) in [6, 6.07) is 10.6. The molecule has 0 spiro atoms. The van der Waals surface area contributed by atoms with Gasteiger partial charge in [0.25, 0.3) is 5.69 Å². The fraction of sp³-hybridized carbons (Fsp3) is 0.318. The number of hydrogen-bond donors (Lipinski definition) is 1. The minimum atomic E-state index is -0.384. The fourth-order valence-corrected chi connectivity index (χ4v) is 3.91. The summed E-state index contributed by atoms with van der Waals surface area (Å²) in [5.74, 6) is 2.12. The van der Waals surface area contributed by atoms with Gasteiger partial charge in [-0.15, -0.1) is 0 Å². The van der Waals surface area contributed by atoms with Gasteiger partial charge in [0.15, 0.2) is 11.5 Å². The summed E-state index contributed by atoms with van der Waals surface area (Å²) in [5.41, 5.74) is 4.32. The predicted octanol–water partition coefficient (Wildman–Crippen LogP) is 4.52. The van der Waals surface area contributed by atoms with Crippen molar-refractivity contribution in [3.63, 3.8) is 0 Å². The number of aryl methyl sites for hydroxylation is 1. The van der Waals surface area contributed by atoms with Crippen LogP contribution in [0.25, 0.3) is 16.9 Å². The zero-order valence-corrected chi connectivity index (χ0v) is 17.3. The van der Waals surface area contributed by atoms with Crippen molar-refractivity contribution < 1.29 is 14.4 Å². The molecule has 0 unspecified atom stereocenters. The van der Waals surface area contributed by atoms with Crippen molar-refractivity contribution in [2.24, 2.45) is 0 Å². The quantitative estimate of drug-likeness (QED) is 0.493. The fourth-order valence-electron chi connectivity index (χ4n) is 3.91. The Balaban J connectivity index is 1.98. The summed E-state index contributed by atoms with van der Waals surface area (Å²) < 4.78 is 12.9. The summed E-state index contributed by atoms with van der Waals surface area (Å²) in [7, 11) is 3.22. The van der Waals surface area contributed by atoms with Gasteiger partial charge in [-0.25, -0.2) is 4.68 Å². The molecule has 1 N–H and O–H groups in total. The first-order chi connectivity index (χ1) is 14.5. The lowest BCUT2D eigenvalue weighted by Gasteiger charge is -2.12. The topological polar surface area (TPSA) is 91.5 Å². The van der Waals surface area contributed by atoms with Crippen LogP contribution in [0.3, 0.4) is 0 Å². The molecule has 1 aliphatic heterocycles. The molecule has 0 aliphatic carbocycles. The van der Waals surface area contributed by atoms with Gasteiger partial charge in [-0.1, -0.05) is 12.1 Å². The molecule has 8 heteroatoms. The Morgan fingerprint density at radius 1 is 1.17 bits per heavy atom. The predicted molar refractivity (Wildman–Crippen MR) is 115 cm³/mol. The summed E-state index contributed by atoms with van der Waals surface area (Å²) in [6.45, 7) is 2.75. The Morgan fingerprint density at radius 3 is 2.73 bits per heavy atom. The molecule has 0 saturated carbocycles. The molecule has 1 aliphatic rings. The zero-order chi connectivity index (χ0) is 21.3. The van der Waals surface area contributed by atoms with Gasteiger partial charge >= 0.3 is 0 Å². The molecule has 3 aromatic rings. The van der Waals surface area contributed by atoms with E-state index in [-0.39, 0.29) is 10.6 Å². The SMILES string of the molecule is COc1cccc(-c2nn(-c3cc([N+](=O)[O-])ccc3C)c3c2CCCCN3)c1OC. The maximum Gasteiger partial charge on any atom is 0.271 e. The first-order valence-corrected chi connectivity index (χ1v) is 9.87. The second-order valence-corrected chi connectivity index (χ2v) is 7.24. The Morgan fingerprint density at radius 2 is 2.00 bits per heavy atom. The third-order valence-electron chi connectivity index (χ3n) is 5.42. The smallest absolute Gasteiger partial charge is 0.271 e. The summed E-state index contributed by atoms with van der Waals surface area (Å²) in [4.78, 5) is 11.0. The number of hydrogen-bond acceptors (Lipinski definition) is 6. The molecule has 0 saturated heterocycles. The van der Waals surface area contributed by atoms with Crippen LogP contribution >= 0.6 is 0 Å². The first kappa shape index (κ1) is 19.8. The number of nitrogens with zero attached hydrogens (tertiary/aromatic N) is 3. The molecule has 30 heavy (non-hydrogen) atoms. The maximum absolute atomic E-state index is 11.4. The number of non-ortho nitro benzene ring substituents is 1. The standard InChI is InChI=1S/C22H24N4O4/c1-14-10-11-15(26(27)28)13-18(14)25-22-17(7-4-5-12-23-22)20(24-25)16-8-6-9-19(29-2)21(16)30-3/h6,8-11,13,23H,4-5,7,12H2,1-3H3. The highest BCUT2D eigenvalue weighted by Crippen LogP contribution is 2.42. The molecule has 0 atom stereocenters. The Bertz CT molecular complexity index is 1110. The lowest BCUT2D eigenvalue weighted by molar-refractivity contribution is -0.384.